The predicted octanol–water partition coefficient (Wildman–Crippen LogP) is 8.89. The zero-order chi connectivity index (χ0) is 22.5. The fraction of sp³-hybridized carbons (Fsp3) is 0.367. The largest absolute Gasteiger partial charge is 0.258 e. The molecule has 2 aromatic rings. The molecule has 2 aromatic carbocycles. The van der Waals surface area contributed by atoms with Gasteiger partial charge in [0.1, 0.15) is 0 Å². The van der Waals surface area contributed by atoms with E-state index < -0.39 is 0 Å². The molecule has 2 aliphatic rings. The number of benzene rings is 2. The summed E-state index contributed by atoms with van der Waals surface area (Å²) in [5.41, 5.74) is 7.76. The maximum Gasteiger partial charge on any atom is 0.0661 e. The number of rotatable bonds is 3. The van der Waals surface area contributed by atoms with Crippen molar-refractivity contribution in [3.8, 4) is 0 Å². The van der Waals surface area contributed by atoms with Crippen molar-refractivity contribution in [2.75, 3.05) is 0 Å². The van der Waals surface area contributed by atoms with Gasteiger partial charge in [-0.3, -0.25) is 4.99 Å². The van der Waals surface area contributed by atoms with Gasteiger partial charge in [-0.2, -0.15) is 0 Å². The minimum atomic E-state index is 0.761. The van der Waals surface area contributed by atoms with Crippen molar-refractivity contribution in [2.45, 2.75) is 66.7 Å². The van der Waals surface area contributed by atoms with E-state index in [0.717, 1.165) is 24.5 Å². The molecule has 0 radical (unpaired) electrons. The van der Waals surface area contributed by atoms with E-state index >= 15 is 0 Å². The Morgan fingerprint density at radius 3 is 2.00 bits per heavy atom. The van der Waals surface area contributed by atoms with Crippen molar-refractivity contribution in [3.63, 3.8) is 0 Å². The number of hydrogen-bond donors (Lipinski definition) is 0. The first kappa shape index (κ1) is 24.6. The lowest BCUT2D eigenvalue weighted by Gasteiger charge is -2.12. The molecule has 164 valence electrons. The van der Waals surface area contributed by atoms with E-state index in [1.54, 1.807) is 0 Å². The minimum Gasteiger partial charge on any atom is -0.258 e. The molecule has 1 aliphatic carbocycles. The van der Waals surface area contributed by atoms with Crippen LogP contribution in [-0.4, -0.2) is 5.71 Å². The molecule has 0 aromatic heterocycles. The van der Waals surface area contributed by atoms with Crippen molar-refractivity contribution in [1.82, 2.24) is 0 Å². The van der Waals surface area contributed by atoms with Crippen molar-refractivity contribution >= 4 is 11.4 Å². The maximum atomic E-state index is 4.56. The van der Waals surface area contributed by atoms with Crippen molar-refractivity contribution in [3.05, 3.63) is 101 Å². The van der Waals surface area contributed by atoms with Crippen LogP contribution in [-0.2, 0) is 0 Å². The summed E-state index contributed by atoms with van der Waals surface area (Å²) in [6, 6.07) is 18.8. The SMILES string of the molecule is CC1=NC(c2ccc(C)cc2)=CCC1.CCC(C)C1=CCCC=C1.Cc1ccccc1. The van der Waals surface area contributed by atoms with Crippen LogP contribution < -0.4 is 0 Å². The molecule has 0 spiro atoms. The van der Waals surface area contributed by atoms with Crippen LogP contribution >= 0.6 is 0 Å². The Morgan fingerprint density at radius 2 is 1.48 bits per heavy atom. The van der Waals surface area contributed by atoms with Crippen LogP contribution in [0.3, 0.4) is 0 Å². The number of allylic oxidation sites excluding steroid dienone is 5. The lowest BCUT2D eigenvalue weighted by atomic mass is 9.94. The predicted molar refractivity (Wildman–Crippen MR) is 139 cm³/mol. The average molecular weight is 414 g/mol. The second kappa shape index (κ2) is 13.6. The van der Waals surface area contributed by atoms with Crippen LogP contribution in [0, 0.1) is 19.8 Å². The zero-order valence-corrected chi connectivity index (χ0v) is 20.1. The van der Waals surface area contributed by atoms with Crippen LogP contribution in [0.25, 0.3) is 5.70 Å². The molecule has 0 saturated heterocycles. The fourth-order valence-corrected chi connectivity index (χ4v) is 3.40. The summed E-state index contributed by atoms with van der Waals surface area (Å²) >= 11 is 0. The molecule has 0 saturated carbocycles. The standard InChI is InChI=1S/C13H15N.C10H16.C7H8/c1-10-6-8-12(9-7-10)13-5-3-4-11(2)14-13;1-3-9(2)10-7-5-4-6-8-10;1-7-5-3-2-4-6-7/h5-9H,3-4H2,1-2H3;5,7-9H,3-4,6H2,1-2H3;2-6H,1H3. The van der Waals surface area contributed by atoms with E-state index in [0.29, 0.717) is 0 Å². The smallest absolute Gasteiger partial charge is 0.0661 e. The van der Waals surface area contributed by atoms with E-state index in [1.165, 1.54) is 47.2 Å². The highest BCUT2D eigenvalue weighted by atomic mass is 14.8. The zero-order valence-electron chi connectivity index (χ0n) is 20.1. The Labute approximate surface area is 190 Å². The first-order chi connectivity index (χ1) is 15.0. The van der Waals surface area contributed by atoms with Crippen molar-refractivity contribution in [1.29, 1.82) is 0 Å². The molecule has 1 heteroatoms. The van der Waals surface area contributed by atoms with Gasteiger partial charge in [0.2, 0.25) is 0 Å². The van der Waals surface area contributed by atoms with Crippen LogP contribution in [0.1, 0.15) is 69.6 Å². The maximum absolute atomic E-state index is 4.56. The summed E-state index contributed by atoms with van der Waals surface area (Å²) in [6.45, 7) is 10.8. The monoisotopic (exact) mass is 413 g/mol. The van der Waals surface area contributed by atoms with E-state index in [2.05, 4.69) is 100 Å². The lowest BCUT2D eigenvalue weighted by molar-refractivity contribution is 0.662. The van der Waals surface area contributed by atoms with E-state index in [4.69, 9.17) is 0 Å². The van der Waals surface area contributed by atoms with Gasteiger partial charge in [-0.05, 0) is 69.9 Å². The van der Waals surface area contributed by atoms with Crippen LogP contribution in [0.15, 0.2) is 89.5 Å². The highest BCUT2D eigenvalue weighted by molar-refractivity contribution is 5.89. The van der Waals surface area contributed by atoms with Gasteiger partial charge in [-0.25, -0.2) is 0 Å². The molecule has 0 bridgehead atoms. The van der Waals surface area contributed by atoms with Gasteiger partial charge in [-0.15, -0.1) is 0 Å². The van der Waals surface area contributed by atoms with Gasteiger partial charge in [0.05, 0.1) is 5.70 Å². The molecule has 1 nitrogen and oxygen atoms in total. The molecule has 1 atom stereocenters. The van der Waals surface area contributed by atoms with Crippen LogP contribution in [0.4, 0.5) is 0 Å². The van der Waals surface area contributed by atoms with E-state index in [1.807, 2.05) is 18.2 Å². The molecule has 1 aliphatic heterocycles. The third-order valence-corrected chi connectivity index (χ3v) is 5.65. The number of aryl methyl sites for hydroxylation is 2. The molecule has 0 fully saturated rings. The average Bonchev–Trinajstić information content (AvgIpc) is 2.81. The van der Waals surface area contributed by atoms with Crippen LogP contribution in [0.2, 0.25) is 0 Å². The molecular weight excluding hydrogens is 374 g/mol. The summed E-state index contributed by atoms with van der Waals surface area (Å²) in [5.74, 6) is 0.761. The van der Waals surface area contributed by atoms with Crippen LogP contribution in [0.5, 0.6) is 0 Å². The number of nitrogens with zero attached hydrogens (tertiary/aromatic N) is 1. The van der Waals surface area contributed by atoms with E-state index in [-0.39, 0.29) is 0 Å². The highest BCUT2D eigenvalue weighted by Gasteiger charge is 2.05. The highest BCUT2D eigenvalue weighted by Crippen LogP contribution is 2.22. The summed E-state index contributed by atoms with van der Waals surface area (Å²) in [7, 11) is 0. The Morgan fingerprint density at radius 1 is 0.806 bits per heavy atom. The third-order valence-electron chi connectivity index (χ3n) is 5.65. The van der Waals surface area contributed by atoms with Gasteiger partial charge in [-0.1, -0.05) is 104 Å². The molecule has 1 heterocycles. The topological polar surface area (TPSA) is 12.4 Å². The number of hydrogen-bond acceptors (Lipinski definition) is 1. The Hall–Kier alpha value is -2.67. The summed E-state index contributed by atoms with van der Waals surface area (Å²) < 4.78 is 0. The van der Waals surface area contributed by atoms with Gasteiger partial charge >= 0.3 is 0 Å². The summed E-state index contributed by atoms with van der Waals surface area (Å²) in [6.07, 6.45) is 15.1. The molecule has 4 rings (SSSR count). The summed E-state index contributed by atoms with van der Waals surface area (Å²) in [4.78, 5) is 4.56. The van der Waals surface area contributed by atoms with E-state index in [9.17, 15) is 0 Å². The van der Waals surface area contributed by atoms with Crippen molar-refractivity contribution < 1.29 is 0 Å². The quantitative estimate of drug-likeness (QED) is 0.476. The summed E-state index contributed by atoms with van der Waals surface area (Å²) in [5, 5.41) is 0. The second-order valence-corrected chi connectivity index (χ2v) is 8.49. The molecular formula is C30H39N. The second-order valence-electron chi connectivity index (χ2n) is 8.49. The van der Waals surface area contributed by atoms with Gasteiger partial charge in [0.15, 0.2) is 0 Å². The lowest BCUT2D eigenvalue weighted by Crippen LogP contribution is -1.97. The molecule has 31 heavy (non-hydrogen) atoms. The first-order valence-electron chi connectivity index (χ1n) is 11.7. The Kier molecular flexibility index (Phi) is 10.8. The molecule has 0 N–H and O–H groups in total. The molecule has 0 amide bonds. The van der Waals surface area contributed by atoms with Gasteiger partial charge in [0, 0.05) is 5.71 Å². The Bertz CT molecular complexity index is 895. The fourth-order valence-electron chi connectivity index (χ4n) is 3.40. The van der Waals surface area contributed by atoms with Gasteiger partial charge in [0.25, 0.3) is 0 Å². The third kappa shape index (κ3) is 9.34. The van der Waals surface area contributed by atoms with Gasteiger partial charge < -0.3 is 0 Å². The normalized spacial score (nSPS) is 15.8. The minimum absolute atomic E-state index is 0.761. The first-order valence-corrected chi connectivity index (χ1v) is 11.7. The molecule has 1 unspecified atom stereocenters. The number of aliphatic imine (C=N–C) groups is 1. The van der Waals surface area contributed by atoms with Crippen molar-refractivity contribution in [2.24, 2.45) is 10.9 Å². The Balaban J connectivity index is 0.000000176.